The van der Waals surface area contributed by atoms with E-state index in [-0.39, 0.29) is 12.0 Å². The smallest absolute Gasteiger partial charge is 0.133 e. The van der Waals surface area contributed by atoms with Crippen LogP contribution < -0.4 is 9.64 Å². The van der Waals surface area contributed by atoms with E-state index < -0.39 is 0 Å². The maximum absolute atomic E-state index is 9.34. The number of ether oxygens (including phenoxy) is 1. The Bertz CT molecular complexity index is 715. The molecule has 0 bridgehead atoms. The molecule has 1 N–H and O–H groups in total. The highest BCUT2D eigenvalue weighted by molar-refractivity contribution is 7.09. The zero-order valence-electron chi connectivity index (χ0n) is 14.5. The fraction of sp³-hybridized carbons (Fsp3) is 0.389. The molecule has 24 heavy (non-hydrogen) atoms. The Morgan fingerprint density at radius 2 is 2.08 bits per heavy atom. The van der Waals surface area contributed by atoms with Crippen LogP contribution in [0.25, 0.3) is 0 Å². The van der Waals surface area contributed by atoms with E-state index in [0.29, 0.717) is 6.54 Å². The van der Waals surface area contributed by atoms with Gasteiger partial charge in [-0.3, -0.25) is 4.99 Å². The second kappa shape index (κ2) is 8.57. The van der Waals surface area contributed by atoms with Crippen LogP contribution in [0.15, 0.2) is 34.6 Å². The van der Waals surface area contributed by atoms with Gasteiger partial charge in [-0.1, -0.05) is 0 Å². The Labute approximate surface area is 147 Å². The van der Waals surface area contributed by atoms with Crippen LogP contribution in [0.1, 0.15) is 28.2 Å². The predicted molar refractivity (Wildman–Crippen MR) is 97.1 cm³/mol. The minimum absolute atomic E-state index is 0.226. The molecule has 2 rings (SSSR count). The summed E-state index contributed by atoms with van der Waals surface area (Å²) in [4.78, 5) is 10.2. The summed E-state index contributed by atoms with van der Waals surface area (Å²) in [5, 5.41) is 12.1. The summed E-state index contributed by atoms with van der Waals surface area (Å²) in [5.74, 6) is 0.468. The Morgan fingerprint density at radius 3 is 2.58 bits per heavy atom. The van der Waals surface area contributed by atoms with Crippen LogP contribution in [0, 0.1) is 18.3 Å². The van der Waals surface area contributed by atoms with Crippen molar-refractivity contribution in [3.8, 4) is 11.8 Å². The van der Waals surface area contributed by atoms with Gasteiger partial charge in [0.15, 0.2) is 0 Å². The van der Waals surface area contributed by atoms with E-state index in [4.69, 9.17) is 4.74 Å². The fourth-order valence-electron chi connectivity index (χ4n) is 2.40. The molecule has 0 saturated carbocycles. The van der Waals surface area contributed by atoms with Gasteiger partial charge in [-0.2, -0.15) is 5.26 Å². The van der Waals surface area contributed by atoms with Crippen molar-refractivity contribution in [3.63, 3.8) is 0 Å². The van der Waals surface area contributed by atoms with E-state index in [0.717, 1.165) is 16.5 Å². The minimum Gasteiger partial charge on any atom is -0.497 e. The van der Waals surface area contributed by atoms with Crippen molar-refractivity contribution >= 4 is 17.6 Å². The van der Waals surface area contributed by atoms with E-state index in [2.05, 4.69) is 42.3 Å². The van der Waals surface area contributed by atoms with E-state index in [1.54, 1.807) is 13.3 Å². The molecule has 0 saturated heterocycles. The average Bonchev–Trinajstić information content (AvgIpc) is 3.01. The van der Waals surface area contributed by atoms with Crippen molar-refractivity contribution in [1.82, 2.24) is 4.98 Å². The summed E-state index contributed by atoms with van der Waals surface area (Å²) in [5.41, 5.74) is 2.14. The molecule has 1 aromatic heterocycles. The first-order chi connectivity index (χ1) is 11.5. The number of nitriles is 1. The molecule has 0 aliphatic heterocycles. The van der Waals surface area contributed by atoms with Gasteiger partial charge in [0.25, 0.3) is 0 Å². The summed E-state index contributed by atoms with van der Waals surface area (Å²) >= 11 is 1.50. The van der Waals surface area contributed by atoms with Gasteiger partial charge in [0.05, 0.1) is 33.8 Å². The van der Waals surface area contributed by atoms with Gasteiger partial charge in [-0.15, -0.1) is 11.3 Å². The molecule has 6 heteroatoms. The maximum atomic E-state index is 9.34. The molecule has 2 atom stereocenters. The number of aromatic nitrogens is 1. The number of benzene rings is 1. The summed E-state index contributed by atoms with van der Waals surface area (Å²) in [7, 11) is 5.88. The topological polar surface area (TPSA) is 62.7 Å². The molecule has 0 aliphatic rings. The number of thiazole rings is 1. The van der Waals surface area contributed by atoms with Crippen molar-refractivity contribution in [1.29, 1.82) is 5.26 Å². The largest absolute Gasteiger partial charge is 0.497 e. The van der Waals surface area contributed by atoms with E-state index in [1.807, 2.05) is 24.4 Å². The molecule has 2 aromatic rings. The molecular formula is C18H23N4OS+. The highest BCUT2D eigenvalue weighted by Crippen LogP contribution is 2.19. The first kappa shape index (κ1) is 18.1. The van der Waals surface area contributed by atoms with Gasteiger partial charge < -0.3 is 9.64 Å². The quantitative estimate of drug-likeness (QED) is 0.783. The van der Waals surface area contributed by atoms with Crippen LogP contribution in [-0.2, 0) is 0 Å². The molecule has 0 fully saturated rings. The Hall–Kier alpha value is -2.23. The fourth-order valence-corrected chi connectivity index (χ4v) is 3.20. The normalized spacial score (nSPS) is 13.8. The number of aryl methyl sites for hydroxylation is 1. The highest BCUT2D eigenvalue weighted by Gasteiger charge is 2.18. The molecule has 1 heterocycles. The Morgan fingerprint density at radius 1 is 1.38 bits per heavy atom. The number of aliphatic imine (C=N–C) groups is 1. The first-order valence-electron chi connectivity index (χ1n) is 7.80. The second-order valence-corrected chi connectivity index (χ2v) is 6.74. The third-order valence-corrected chi connectivity index (χ3v) is 4.85. The monoisotopic (exact) mass is 343 g/mol. The van der Waals surface area contributed by atoms with Gasteiger partial charge in [-0.25, -0.2) is 4.98 Å². The molecular weight excluding hydrogens is 320 g/mol. The number of hydrogen-bond donors (Lipinski definition) is 1. The second-order valence-electron chi connectivity index (χ2n) is 5.85. The van der Waals surface area contributed by atoms with Crippen molar-refractivity contribution < 1.29 is 9.64 Å². The maximum Gasteiger partial charge on any atom is 0.133 e. The van der Waals surface area contributed by atoms with Gasteiger partial charge in [0.2, 0.25) is 0 Å². The van der Waals surface area contributed by atoms with E-state index in [1.165, 1.54) is 21.8 Å². The SMILES string of the molecule is COc1ccc([C@H](CN=C[C@@H](C#N)c2nc(C)cs2)[NH+](C)C)cc1. The molecule has 0 radical (unpaired) electrons. The van der Waals surface area contributed by atoms with Crippen LogP contribution in [0.3, 0.4) is 0 Å². The third-order valence-electron chi connectivity index (χ3n) is 3.80. The van der Waals surface area contributed by atoms with Gasteiger partial charge in [-0.05, 0) is 31.2 Å². The molecule has 0 aliphatic carbocycles. The lowest BCUT2D eigenvalue weighted by Crippen LogP contribution is -3.06. The molecule has 0 amide bonds. The minimum atomic E-state index is -0.377. The van der Waals surface area contributed by atoms with Crippen molar-refractivity contribution in [2.75, 3.05) is 27.7 Å². The highest BCUT2D eigenvalue weighted by atomic mass is 32.1. The van der Waals surface area contributed by atoms with Crippen LogP contribution in [0.4, 0.5) is 0 Å². The lowest BCUT2D eigenvalue weighted by atomic mass is 10.1. The summed E-state index contributed by atoms with van der Waals surface area (Å²) in [6, 6.07) is 10.6. The summed E-state index contributed by atoms with van der Waals surface area (Å²) in [6.07, 6.45) is 1.72. The standard InChI is InChI=1S/C18H22N4OS/c1-13-12-24-18(21-13)15(9-19)10-20-11-17(22(2)3)14-5-7-16(23-4)8-6-14/h5-8,10,12,15,17H,11H2,1-4H3/p+1/t15-,17+/m1/s1. The zero-order valence-corrected chi connectivity index (χ0v) is 15.3. The first-order valence-corrected chi connectivity index (χ1v) is 8.68. The number of hydrogen-bond acceptors (Lipinski definition) is 5. The van der Waals surface area contributed by atoms with E-state index >= 15 is 0 Å². The van der Waals surface area contributed by atoms with Gasteiger partial charge >= 0.3 is 0 Å². The summed E-state index contributed by atoms with van der Waals surface area (Å²) in [6.45, 7) is 2.55. The van der Waals surface area contributed by atoms with Crippen LogP contribution >= 0.6 is 11.3 Å². The number of nitrogens with one attached hydrogen (secondary N) is 1. The third kappa shape index (κ3) is 4.63. The van der Waals surface area contributed by atoms with Crippen molar-refractivity contribution in [2.24, 2.45) is 4.99 Å². The number of quaternary nitrogens is 1. The van der Waals surface area contributed by atoms with Gasteiger partial charge in [0.1, 0.15) is 22.7 Å². The average molecular weight is 343 g/mol. The lowest BCUT2D eigenvalue weighted by Gasteiger charge is -2.20. The van der Waals surface area contributed by atoms with Gasteiger partial charge in [0, 0.05) is 22.9 Å². The number of methoxy groups -OCH3 is 1. The summed E-state index contributed by atoms with van der Waals surface area (Å²) < 4.78 is 5.21. The predicted octanol–water partition coefficient (Wildman–Crippen LogP) is 2.02. The molecule has 0 unspecified atom stereocenters. The van der Waals surface area contributed by atoms with Crippen molar-refractivity contribution in [2.45, 2.75) is 18.9 Å². The van der Waals surface area contributed by atoms with Crippen LogP contribution in [0.2, 0.25) is 0 Å². The Balaban J connectivity index is 2.08. The van der Waals surface area contributed by atoms with Crippen LogP contribution in [-0.4, -0.2) is 38.9 Å². The van der Waals surface area contributed by atoms with Crippen LogP contribution in [0.5, 0.6) is 5.75 Å². The van der Waals surface area contributed by atoms with E-state index in [9.17, 15) is 5.26 Å². The molecule has 1 aromatic carbocycles. The van der Waals surface area contributed by atoms with Crippen molar-refractivity contribution in [3.05, 3.63) is 45.9 Å². The molecule has 5 nitrogen and oxygen atoms in total. The molecule has 0 spiro atoms. The number of rotatable bonds is 7. The zero-order chi connectivity index (χ0) is 17.5. The number of likely N-dealkylation sites (N-methyl/N-ethyl adjacent to an activating group) is 1. The lowest BCUT2D eigenvalue weighted by molar-refractivity contribution is -0.890. The Kier molecular flexibility index (Phi) is 6.47. The molecule has 126 valence electrons. The number of nitrogens with zero attached hydrogens (tertiary/aromatic N) is 3.